The second-order valence-corrected chi connectivity index (χ2v) is 5.86. The van der Waals surface area contributed by atoms with Crippen molar-refractivity contribution in [3.05, 3.63) is 0 Å². The lowest BCUT2D eigenvalue weighted by molar-refractivity contribution is 0.0935. The number of nitrogens with one attached hydrogen (secondary N) is 1. The molecule has 1 heterocycles. The van der Waals surface area contributed by atoms with Crippen molar-refractivity contribution in [1.29, 1.82) is 0 Å². The highest BCUT2D eigenvalue weighted by atomic mass is 16.5. The third kappa shape index (κ3) is 4.40. The van der Waals surface area contributed by atoms with Crippen LogP contribution in [0.1, 0.15) is 40.0 Å². The number of hydrogen-bond acceptors (Lipinski definition) is 3. The van der Waals surface area contributed by atoms with Gasteiger partial charge in [0.1, 0.15) is 0 Å². The standard InChI is InChI=1S/C13H28N2O/c1-11(9-12-7-6-8-16-12)14-10-13(2,3)15(4)5/h11-12,14H,6-10H2,1-5H3. The minimum absolute atomic E-state index is 0.213. The Morgan fingerprint density at radius 2 is 2.12 bits per heavy atom. The Labute approximate surface area is 101 Å². The Morgan fingerprint density at radius 1 is 1.44 bits per heavy atom. The van der Waals surface area contributed by atoms with E-state index in [2.05, 4.69) is 45.1 Å². The van der Waals surface area contributed by atoms with Crippen molar-refractivity contribution in [2.75, 3.05) is 27.2 Å². The van der Waals surface area contributed by atoms with Gasteiger partial charge in [0.2, 0.25) is 0 Å². The smallest absolute Gasteiger partial charge is 0.0590 e. The van der Waals surface area contributed by atoms with Crippen molar-refractivity contribution in [3.63, 3.8) is 0 Å². The molecule has 0 saturated carbocycles. The van der Waals surface area contributed by atoms with Crippen LogP contribution in [0.15, 0.2) is 0 Å². The summed E-state index contributed by atoms with van der Waals surface area (Å²) in [6, 6.07) is 0.544. The van der Waals surface area contributed by atoms with Gasteiger partial charge >= 0.3 is 0 Å². The average molecular weight is 228 g/mol. The van der Waals surface area contributed by atoms with Crippen LogP contribution in [0.25, 0.3) is 0 Å². The second-order valence-electron chi connectivity index (χ2n) is 5.86. The molecule has 0 radical (unpaired) electrons. The molecule has 0 bridgehead atoms. The fraction of sp³-hybridized carbons (Fsp3) is 1.00. The first-order chi connectivity index (χ1) is 7.42. The van der Waals surface area contributed by atoms with Gasteiger partial charge in [-0.25, -0.2) is 0 Å². The monoisotopic (exact) mass is 228 g/mol. The Kier molecular flexibility index (Phi) is 5.22. The molecule has 3 heteroatoms. The van der Waals surface area contributed by atoms with Gasteiger partial charge in [0.15, 0.2) is 0 Å². The molecule has 2 atom stereocenters. The third-order valence-electron chi connectivity index (χ3n) is 3.73. The van der Waals surface area contributed by atoms with E-state index in [-0.39, 0.29) is 5.54 Å². The highest BCUT2D eigenvalue weighted by molar-refractivity contribution is 4.82. The summed E-state index contributed by atoms with van der Waals surface area (Å²) in [5.41, 5.74) is 0.213. The van der Waals surface area contributed by atoms with Gasteiger partial charge < -0.3 is 15.0 Å². The van der Waals surface area contributed by atoms with Crippen LogP contribution in [0.5, 0.6) is 0 Å². The van der Waals surface area contributed by atoms with Crippen molar-refractivity contribution in [2.24, 2.45) is 0 Å². The van der Waals surface area contributed by atoms with Crippen molar-refractivity contribution in [1.82, 2.24) is 10.2 Å². The molecule has 1 aliphatic rings. The lowest BCUT2D eigenvalue weighted by atomic mass is 10.0. The first-order valence-electron chi connectivity index (χ1n) is 6.44. The Hall–Kier alpha value is -0.120. The molecule has 3 nitrogen and oxygen atoms in total. The van der Waals surface area contributed by atoms with Gasteiger partial charge in [-0.05, 0) is 54.1 Å². The molecule has 16 heavy (non-hydrogen) atoms. The Morgan fingerprint density at radius 3 is 2.62 bits per heavy atom. The van der Waals surface area contributed by atoms with Crippen LogP contribution in [-0.2, 0) is 4.74 Å². The van der Waals surface area contributed by atoms with Crippen molar-refractivity contribution in [3.8, 4) is 0 Å². The van der Waals surface area contributed by atoms with Crippen LogP contribution in [0.3, 0.4) is 0 Å². The largest absolute Gasteiger partial charge is 0.378 e. The summed E-state index contributed by atoms with van der Waals surface area (Å²) in [4.78, 5) is 2.26. The first kappa shape index (κ1) is 13.9. The summed E-state index contributed by atoms with van der Waals surface area (Å²) in [6.07, 6.45) is 4.11. The molecule has 2 unspecified atom stereocenters. The fourth-order valence-corrected chi connectivity index (χ4v) is 1.89. The molecule has 1 N–H and O–H groups in total. The predicted octanol–water partition coefficient (Wildman–Crippen LogP) is 1.87. The summed E-state index contributed by atoms with van der Waals surface area (Å²) in [6.45, 7) is 8.76. The minimum Gasteiger partial charge on any atom is -0.378 e. The zero-order valence-electron chi connectivity index (χ0n) is 11.5. The number of ether oxygens (including phenoxy) is 1. The molecule has 1 aliphatic heterocycles. The summed E-state index contributed by atoms with van der Waals surface area (Å²) >= 11 is 0. The summed E-state index contributed by atoms with van der Waals surface area (Å²) in [7, 11) is 4.26. The van der Waals surface area contributed by atoms with Gasteiger partial charge in [-0.2, -0.15) is 0 Å². The van der Waals surface area contributed by atoms with E-state index in [1.165, 1.54) is 12.8 Å². The highest BCUT2D eigenvalue weighted by Crippen LogP contribution is 2.17. The molecule has 1 rings (SSSR count). The van der Waals surface area contributed by atoms with Crippen LogP contribution in [-0.4, -0.2) is 49.8 Å². The van der Waals surface area contributed by atoms with Crippen LogP contribution in [0, 0.1) is 0 Å². The van der Waals surface area contributed by atoms with Gasteiger partial charge in [0, 0.05) is 24.7 Å². The van der Waals surface area contributed by atoms with Crippen LogP contribution in [0.2, 0.25) is 0 Å². The fourth-order valence-electron chi connectivity index (χ4n) is 1.89. The normalized spacial score (nSPS) is 24.0. The maximum absolute atomic E-state index is 5.65. The molecule has 96 valence electrons. The molecule has 1 saturated heterocycles. The van der Waals surface area contributed by atoms with Crippen molar-refractivity contribution < 1.29 is 4.74 Å². The molecule has 0 aromatic heterocycles. The van der Waals surface area contributed by atoms with Crippen LogP contribution < -0.4 is 5.32 Å². The highest BCUT2D eigenvalue weighted by Gasteiger charge is 2.22. The number of nitrogens with zero attached hydrogens (tertiary/aromatic N) is 1. The van der Waals surface area contributed by atoms with Gasteiger partial charge in [-0.15, -0.1) is 0 Å². The zero-order chi connectivity index (χ0) is 12.2. The topological polar surface area (TPSA) is 24.5 Å². The molecule has 0 aromatic rings. The third-order valence-corrected chi connectivity index (χ3v) is 3.73. The Balaban J connectivity index is 2.21. The van der Waals surface area contributed by atoms with Crippen LogP contribution in [0.4, 0.5) is 0 Å². The van der Waals surface area contributed by atoms with E-state index in [0.29, 0.717) is 12.1 Å². The van der Waals surface area contributed by atoms with Gasteiger partial charge in [-0.3, -0.25) is 0 Å². The summed E-state index contributed by atoms with van der Waals surface area (Å²) in [5, 5.41) is 3.61. The van der Waals surface area contributed by atoms with Gasteiger partial charge in [-0.1, -0.05) is 0 Å². The van der Waals surface area contributed by atoms with E-state index in [9.17, 15) is 0 Å². The minimum atomic E-state index is 0.213. The number of hydrogen-bond donors (Lipinski definition) is 1. The predicted molar refractivity (Wildman–Crippen MR) is 68.8 cm³/mol. The maximum atomic E-state index is 5.65. The SMILES string of the molecule is CC(CC1CCCO1)NCC(C)(C)N(C)C. The van der Waals surface area contributed by atoms with E-state index in [0.717, 1.165) is 19.6 Å². The molecular weight excluding hydrogens is 200 g/mol. The van der Waals surface area contributed by atoms with E-state index < -0.39 is 0 Å². The maximum Gasteiger partial charge on any atom is 0.0590 e. The van der Waals surface area contributed by atoms with E-state index in [1.807, 2.05) is 0 Å². The molecule has 0 amide bonds. The molecular formula is C13H28N2O. The summed E-state index contributed by atoms with van der Waals surface area (Å²) < 4.78 is 5.65. The van der Waals surface area contributed by atoms with E-state index in [1.54, 1.807) is 0 Å². The first-order valence-corrected chi connectivity index (χ1v) is 6.44. The zero-order valence-corrected chi connectivity index (χ0v) is 11.5. The Bertz CT molecular complexity index is 198. The van der Waals surface area contributed by atoms with Gasteiger partial charge in [0.25, 0.3) is 0 Å². The number of likely N-dealkylation sites (N-methyl/N-ethyl adjacent to an activating group) is 1. The lowest BCUT2D eigenvalue weighted by Gasteiger charge is -2.34. The molecule has 0 aromatic carbocycles. The van der Waals surface area contributed by atoms with E-state index in [4.69, 9.17) is 4.74 Å². The molecule has 1 fully saturated rings. The average Bonchev–Trinajstić information content (AvgIpc) is 2.67. The van der Waals surface area contributed by atoms with Crippen molar-refractivity contribution in [2.45, 2.75) is 57.7 Å². The molecule has 0 spiro atoms. The van der Waals surface area contributed by atoms with Crippen LogP contribution >= 0.6 is 0 Å². The lowest BCUT2D eigenvalue weighted by Crippen LogP contribution is -2.49. The van der Waals surface area contributed by atoms with Crippen molar-refractivity contribution >= 4 is 0 Å². The second kappa shape index (κ2) is 5.99. The number of rotatable bonds is 6. The summed E-state index contributed by atoms with van der Waals surface area (Å²) in [5.74, 6) is 0. The van der Waals surface area contributed by atoms with Gasteiger partial charge in [0.05, 0.1) is 6.10 Å². The van der Waals surface area contributed by atoms with E-state index >= 15 is 0 Å². The quantitative estimate of drug-likeness (QED) is 0.751. The molecule has 0 aliphatic carbocycles.